The fraction of sp³-hybridized carbons (Fsp3) is 0.0769. The molecule has 1 atom stereocenters. The van der Waals surface area contributed by atoms with E-state index in [2.05, 4.69) is 22.6 Å². The molecule has 2 rings (SSSR count). The molecule has 2 nitrogen and oxygen atoms in total. The van der Waals surface area contributed by atoms with Crippen molar-refractivity contribution in [1.82, 2.24) is 0 Å². The van der Waals surface area contributed by atoms with Crippen molar-refractivity contribution in [1.29, 1.82) is 0 Å². The van der Waals surface area contributed by atoms with Crippen LogP contribution in [0, 0.1) is 3.57 Å². The Balaban J connectivity index is 2.30. The third-order valence-electron chi connectivity index (χ3n) is 2.46. The van der Waals surface area contributed by atoms with Gasteiger partial charge in [0.05, 0.1) is 0 Å². The van der Waals surface area contributed by atoms with Gasteiger partial charge in [-0.15, -0.1) is 0 Å². The van der Waals surface area contributed by atoms with E-state index in [-0.39, 0.29) is 0 Å². The molecule has 2 aromatic rings. The highest BCUT2D eigenvalue weighted by atomic mass is 127. The van der Waals surface area contributed by atoms with Gasteiger partial charge in [0.2, 0.25) is 0 Å². The highest BCUT2D eigenvalue weighted by molar-refractivity contribution is 14.1. The van der Waals surface area contributed by atoms with Crippen LogP contribution in [0.3, 0.4) is 0 Å². The number of benzene rings is 2. The number of hydrogen-bond acceptors (Lipinski definition) is 2. The van der Waals surface area contributed by atoms with Crippen LogP contribution in [-0.2, 0) is 17.5 Å². The normalized spacial score (nSPS) is 12.4. The van der Waals surface area contributed by atoms with Gasteiger partial charge in [-0.1, -0.05) is 30.3 Å². The molecule has 0 saturated carbocycles. The zero-order valence-corrected chi connectivity index (χ0v) is 11.9. The smallest absolute Gasteiger partial charge is 0.0284 e. The van der Waals surface area contributed by atoms with Crippen LogP contribution in [0.5, 0.6) is 0 Å². The molecular formula is C13H10IO2S-. The summed E-state index contributed by atoms with van der Waals surface area (Å²) >= 11 is 0.0762. The molecule has 0 saturated heterocycles. The van der Waals surface area contributed by atoms with Gasteiger partial charge >= 0.3 is 0 Å². The van der Waals surface area contributed by atoms with Gasteiger partial charge in [-0.05, 0) is 69.4 Å². The SMILES string of the molecule is O=S([O-])c1ccccc1Cc1ccc(I)cc1. The van der Waals surface area contributed by atoms with E-state index in [1.165, 1.54) is 3.57 Å². The molecule has 0 radical (unpaired) electrons. The van der Waals surface area contributed by atoms with Crippen LogP contribution in [0.1, 0.15) is 11.1 Å². The van der Waals surface area contributed by atoms with Crippen LogP contribution < -0.4 is 0 Å². The molecule has 2 aromatic carbocycles. The monoisotopic (exact) mass is 357 g/mol. The van der Waals surface area contributed by atoms with Crippen LogP contribution in [0.25, 0.3) is 0 Å². The van der Waals surface area contributed by atoms with Crippen molar-refractivity contribution in [3.63, 3.8) is 0 Å². The maximum Gasteiger partial charge on any atom is 0.0284 e. The summed E-state index contributed by atoms with van der Waals surface area (Å²) in [5.74, 6) is 0. The maximum atomic E-state index is 11.1. The predicted octanol–water partition coefficient (Wildman–Crippen LogP) is 3.12. The first-order chi connectivity index (χ1) is 8.16. The second kappa shape index (κ2) is 5.75. The zero-order valence-electron chi connectivity index (χ0n) is 8.93. The lowest BCUT2D eigenvalue weighted by Crippen LogP contribution is -1.97. The first kappa shape index (κ1) is 12.7. The second-order valence-electron chi connectivity index (χ2n) is 3.65. The molecule has 17 heavy (non-hydrogen) atoms. The fourth-order valence-corrected chi connectivity index (χ4v) is 2.54. The van der Waals surface area contributed by atoms with Gasteiger partial charge in [0.15, 0.2) is 0 Å². The van der Waals surface area contributed by atoms with E-state index >= 15 is 0 Å². The van der Waals surface area contributed by atoms with Gasteiger partial charge in [-0.2, -0.15) is 0 Å². The van der Waals surface area contributed by atoms with Crippen molar-refractivity contribution in [3.8, 4) is 0 Å². The second-order valence-corrected chi connectivity index (χ2v) is 5.80. The van der Waals surface area contributed by atoms with E-state index < -0.39 is 11.1 Å². The summed E-state index contributed by atoms with van der Waals surface area (Å²) in [7, 11) is 0. The van der Waals surface area contributed by atoms with Crippen molar-refractivity contribution in [2.45, 2.75) is 11.3 Å². The minimum Gasteiger partial charge on any atom is -0.768 e. The molecular weight excluding hydrogens is 347 g/mol. The van der Waals surface area contributed by atoms with Crippen molar-refractivity contribution in [2.75, 3.05) is 0 Å². The van der Waals surface area contributed by atoms with Crippen molar-refractivity contribution >= 4 is 33.7 Å². The molecule has 0 amide bonds. The van der Waals surface area contributed by atoms with E-state index in [9.17, 15) is 8.76 Å². The summed E-state index contributed by atoms with van der Waals surface area (Å²) < 4.78 is 23.3. The lowest BCUT2D eigenvalue weighted by atomic mass is 10.1. The Bertz CT molecular complexity index is 537. The molecule has 0 aromatic heterocycles. The molecule has 0 fully saturated rings. The van der Waals surface area contributed by atoms with Gasteiger partial charge in [-0.3, -0.25) is 4.21 Å². The largest absolute Gasteiger partial charge is 0.768 e. The van der Waals surface area contributed by atoms with E-state index in [0.29, 0.717) is 11.3 Å². The summed E-state index contributed by atoms with van der Waals surface area (Å²) in [5.41, 5.74) is 1.95. The van der Waals surface area contributed by atoms with Crippen LogP contribution >= 0.6 is 22.6 Å². The molecule has 88 valence electrons. The van der Waals surface area contributed by atoms with E-state index in [0.717, 1.165) is 11.1 Å². The third kappa shape index (κ3) is 3.37. The van der Waals surface area contributed by atoms with Crippen LogP contribution in [0.4, 0.5) is 0 Å². The summed E-state index contributed by atoms with van der Waals surface area (Å²) in [6, 6.07) is 15.2. The first-order valence-electron chi connectivity index (χ1n) is 5.08. The molecule has 0 spiro atoms. The summed E-state index contributed by atoms with van der Waals surface area (Å²) in [5, 5.41) is 0. The first-order valence-corrected chi connectivity index (χ1v) is 7.24. The average Bonchev–Trinajstić information content (AvgIpc) is 2.32. The Hall–Kier alpha value is -0.720. The van der Waals surface area contributed by atoms with E-state index in [1.807, 2.05) is 36.4 Å². The fourth-order valence-electron chi connectivity index (χ4n) is 1.63. The van der Waals surface area contributed by atoms with Crippen molar-refractivity contribution in [2.24, 2.45) is 0 Å². The molecule has 0 bridgehead atoms. The molecule has 4 heteroatoms. The average molecular weight is 357 g/mol. The highest BCUT2D eigenvalue weighted by Gasteiger charge is 2.03. The van der Waals surface area contributed by atoms with Crippen molar-refractivity contribution in [3.05, 3.63) is 63.2 Å². The van der Waals surface area contributed by atoms with Gasteiger partial charge in [-0.25, -0.2) is 0 Å². The quantitative estimate of drug-likeness (QED) is 0.626. The zero-order chi connectivity index (χ0) is 12.3. The van der Waals surface area contributed by atoms with Gasteiger partial charge in [0.25, 0.3) is 0 Å². The topological polar surface area (TPSA) is 40.1 Å². The lowest BCUT2D eigenvalue weighted by molar-refractivity contribution is 0.536. The summed E-state index contributed by atoms with van der Waals surface area (Å²) in [4.78, 5) is 0.381. The summed E-state index contributed by atoms with van der Waals surface area (Å²) in [6.45, 7) is 0. The number of rotatable bonds is 3. The Kier molecular flexibility index (Phi) is 4.31. The Morgan fingerprint density at radius 1 is 1.06 bits per heavy atom. The lowest BCUT2D eigenvalue weighted by Gasteiger charge is -2.11. The molecule has 1 unspecified atom stereocenters. The molecule has 0 aliphatic rings. The van der Waals surface area contributed by atoms with Crippen LogP contribution in [0.15, 0.2) is 53.4 Å². The van der Waals surface area contributed by atoms with Crippen molar-refractivity contribution < 1.29 is 8.76 Å². The molecule has 0 heterocycles. The maximum absolute atomic E-state index is 11.1. The third-order valence-corrected chi connectivity index (χ3v) is 3.94. The molecule has 0 aliphatic heterocycles. The Morgan fingerprint density at radius 2 is 1.71 bits per heavy atom. The van der Waals surface area contributed by atoms with Crippen LogP contribution in [0.2, 0.25) is 0 Å². The number of hydrogen-bond donors (Lipinski definition) is 0. The number of halogens is 1. The highest BCUT2D eigenvalue weighted by Crippen LogP contribution is 2.17. The molecule has 0 aliphatic carbocycles. The van der Waals surface area contributed by atoms with Gasteiger partial charge in [0.1, 0.15) is 0 Å². The van der Waals surface area contributed by atoms with Crippen LogP contribution in [-0.4, -0.2) is 8.76 Å². The minimum absolute atomic E-state index is 0.381. The molecule has 0 N–H and O–H groups in total. The predicted molar refractivity (Wildman–Crippen MR) is 75.6 cm³/mol. The van der Waals surface area contributed by atoms with E-state index in [4.69, 9.17) is 0 Å². The minimum atomic E-state index is -2.17. The summed E-state index contributed by atoms with van der Waals surface area (Å²) in [6.07, 6.45) is 0.640. The van der Waals surface area contributed by atoms with E-state index in [1.54, 1.807) is 12.1 Å². The Labute approximate surface area is 116 Å². The van der Waals surface area contributed by atoms with Gasteiger partial charge < -0.3 is 4.55 Å². The standard InChI is InChI=1S/C13H11IO2S/c14-12-7-5-10(6-8-12)9-11-3-1-2-4-13(11)17(15)16/h1-8H,9H2,(H,15,16)/p-1. The van der Waals surface area contributed by atoms with Gasteiger partial charge in [0, 0.05) is 8.47 Å². The Morgan fingerprint density at radius 3 is 2.35 bits per heavy atom.